The molecule has 0 saturated heterocycles. The maximum Gasteiger partial charge on any atom is 0.0763 e. The van der Waals surface area contributed by atoms with Gasteiger partial charge in [-0.3, -0.25) is 10.1 Å². The van der Waals surface area contributed by atoms with Gasteiger partial charge in [-0.25, -0.2) is 0 Å². The van der Waals surface area contributed by atoms with Crippen LogP contribution in [-0.2, 0) is 6.42 Å². The number of anilines is 1. The van der Waals surface area contributed by atoms with Crippen LogP contribution in [0.5, 0.6) is 0 Å². The number of hydrogen-bond acceptors (Lipinski definition) is 7. The minimum atomic E-state index is -0.518. The Morgan fingerprint density at radius 1 is 1.15 bits per heavy atom. The summed E-state index contributed by atoms with van der Waals surface area (Å²) in [6, 6.07) is 17.8. The molecule has 2 heterocycles. The number of nitrogens with two attached hydrogens (primary N) is 2. The maximum atomic E-state index is 9.88. The summed E-state index contributed by atoms with van der Waals surface area (Å²) in [5.74, 6) is 0. The van der Waals surface area contributed by atoms with Crippen molar-refractivity contribution in [3.63, 3.8) is 0 Å². The second kappa shape index (κ2) is 12.5. The molecule has 0 spiro atoms. The van der Waals surface area contributed by atoms with Crippen LogP contribution in [0.4, 0.5) is 5.69 Å². The first-order valence-corrected chi connectivity index (χ1v) is 13.1. The Kier molecular flexibility index (Phi) is 9.76. The number of pyridine rings is 1. The predicted molar refractivity (Wildman–Crippen MR) is 147 cm³/mol. The Balaban J connectivity index is 0.000000404. The first-order valence-electron chi connectivity index (χ1n) is 10.9. The van der Waals surface area contributed by atoms with Gasteiger partial charge in [0.1, 0.15) is 0 Å². The van der Waals surface area contributed by atoms with Gasteiger partial charge in [0.05, 0.1) is 11.8 Å². The number of halogens is 1. The lowest BCUT2D eigenvalue weighted by atomic mass is 10.0. The molecule has 1 unspecified atom stereocenters. The topological polar surface area (TPSA) is 105 Å². The molecule has 0 aliphatic heterocycles. The Hall–Kier alpha value is -2.13. The number of aliphatic hydroxyl groups excluding tert-OH is 2. The molecule has 1 saturated carbocycles. The molecule has 5 nitrogen and oxygen atoms in total. The molecule has 0 amide bonds. The molecule has 0 radical (unpaired) electrons. The zero-order valence-electron chi connectivity index (χ0n) is 19.2. The van der Waals surface area contributed by atoms with Crippen molar-refractivity contribution in [2.45, 2.75) is 37.5 Å². The van der Waals surface area contributed by atoms with Gasteiger partial charge >= 0.3 is 0 Å². The van der Waals surface area contributed by atoms with Crippen molar-refractivity contribution in [2.75, 3.05) is 12.8 Å². The van der Waals surface area contributed by atoms with E-state index in [1.807, 2.05) is 36.4 Å². The van der Waals surface area contributed by atoms with E-state index in [0.29, 0.717) is 0 Å². The van der Waals surface area contributed by atoms with Crippen molar-refractivity contribution in [1.29, 1.82) is 0 Å². The molecule has 2 aromatic heterocycles. The van der Waals surface area contributed by atoms with Gasteiger partial charge in [0.2, 0.25) is 0 Å². The minimum absolute atomic E-state index is 0.518. The number of benzene rings is 2. The van der Waals surface area contributed by atoms with Gasteiger partial charge < -0.3 is 15.9 Å². The largest absolute Gasteiger partial charge is 0.400 e. The molecule has 1 atom stereocenters. The van der Waals surface area contributed by atoms with E-state index in [1.54, 1.807) is 24.5 Å². The SMILES string of the molecule is CC(O)c1ccnc(-c2cccc3cc(Cc4cc(N)ccc4Cl)sc23)c1.CO.NSC1CC1. The van der Waals surface area contributed by atoms with E-state index in [9.17, 15) is 5.11 Å². The fourth-order valence-corrected chi connectivity index (χ4v) is 5.18. The molecule has 1 aliphatic carbocycles. The van der Waals surface area contributed by atoms with Crippen molar-refractivity contribution >= 4 is 50.7 Å². The maximum absolute atomic E-state index is 9.88. The molecule has 34 heavy (non-hydrogen) atoms. The van der Waals surface area contributed by atoms with Crippen LogP contribution in [0.3, 0.4) is 0 Å². The molecule has 8 heteroatoms. The number of thiophene rings is 1. The third kappa shape index (κ3) is 6.95. The van der Waals surface area contributed by atoms with Crippen LogP contribution in [0.1, 0.15) is 41.9 Å². The van der Waals surface area contributed by atoms with Crippen molar-refractivity contribution in [2.24, 2.45) is 5.14 Å². The normalized spacial score (nSPS) is 13.5. The van der Waals surface area contributed by atoms with E-state index >= 15 is 0 Å². The van der Waals surface area contributed by atoms with Gasteiger partial charge in [0, 0.05) is 50.8 Å². The van der Waals surface area contributed by atoms with Gasteiger partial charge in [0.25, 0.3) is 0 Å². The number of rotatable bonds is 5. The zero-order valence-corrected chi connectivity index (χ0v) is 21.6. The van der Waals surface area contributed by atoms with Crippen LogP contribution in [0.15, 0.2) is 60.8 Å². The first-order chi connectivity index (χ1) is 16.4. The van der Waals surface area contributed by atoms with Gasteiger partial charge in [-0.15, -0.1) is 11.3 Å². The van der Waals surface area contributed by atoms with E-state index in [1.165, 1.54) is 39.8 Å². The summed E-state index contributed by atoms with van der Waals surface area (Å²) >= 11 is 9.57. The zero-order chi connectivity index (χ0) is 24.7. The van der Waals surface area contributed by atoms with Crippen molar-refractivity contribution in [1.82, 2.24) is 4.98 Å². The molecule has 1 aliphatic rings. The molecule has 1 fully saturated rings. The monoisotopic (exact) mass is 515 g/mol. The lowest BCUT2D eigenvalue weighted by Crippen LogP contribution is -1.93. The molecule has 180 valence electrons. The van der Waals surface area contributed by atoms with E-state index in [4.69, 9.17) is 27.6 Å². The van der Waals surface area contributed by atoms with E-state index < -0.39 is 6.10 Å². The van der Waals surface area contributed by atoms with Crippen LogP contribution in [0.25, 0.3) is 21.3 Å². The average Bonchev–Trinajstić information content (AvgIpc) is 3.61. The lowest BCUT2D eigenvalue weighted by Gasteiger charge is -2.07. The standard InChI is InChI=1S/C22H19ClN2OS.C3H7NS.CH4O/c1-13(26)14-7-8-25-21(12-14)19-4-2-3-15-10-18(27-22(15)19)11-16-9-17(24)5-6-20(16)23;4-5-3-1-2-3;1-2/h2-10,12-13,26H,11,24H2,1H3;3H,1-2,4H2;2H,1H3. The van der Waals surface area contributed by atoms with Crippen molar-refractivity contribution in [3.05, 3.63) is 81.8 Å². The molecule has 5 rings (SSSR count). The molecule has 2 aromatic carbocycles. The highest BCUT2D eigenvalue weighted by Crippen LogP contribution is 2.36. The highest BCUT2D eigenvalue weighted by atomic mass is 35.5. The Morgan fingerprint density at radius 3 is 2.56 bits per heavy atom. The Bertz CT molecular complexity index is 1230. The Labute approximate surface area is 213 Å². The summed E-state index contributed by atoms with van der Waals surface area (Å²) in [6.07, 6.45) is 4.67. The second-order valence-corrected chi connectivity index (χ2v) is 10.4. The number of aromatic nitrogens is 1. The molecular formula is C26H30ClN3O2S2. The number of hydrogen-bond donors (Lipinski definition) is 4. The van der Waals surface area contributed by atoms with Gasteiger partial charge in [-0.2, -0.15) is 0 Å². The van der Waals surface area contributed by atoms with Gasteiger partial charge in [-0.05, 0) is 72.7 Å². The summed E-state index contributed by atoms with van der Waals surface area (Å²) in [5.41, 5.74) is 10.5. The third-order valence-corrected chi connectivity index (χ3v) is 7.70. The smallest absolute Gasteiger partial charge is 0.0763 e. The fourth-order valence-electron chi connectivity index (χ4n) is 3.38. The van der Waals surface area contributed by atoms with E-state index in [-0.39, 0.29) is 0 Å². The first kappa shape index (κ1) is 26.5. The number of aliphatic hydroxyl groups is 2. The molecule has 6 N–H and O–H groups in total. The summed E-state index contributed by atoms with van der Waals surface area (Å²) in [6.45, 7) is 1.76. The van der Waals surface area contributed by atoms with Gasteiger partial charge in [0.15, 0.2) is 0 Å². The van der Waals surface area contributed by atoms with Gasteiger partial charge in [-0.1, -0.05) is 41.7 Å². The summed E-state index contributed by atoms with van der Waals surface area (Å²) in [7, 11) is 1.00. The summed E-state index contributed by atoms with van der Waals surface area (Å²) in [5, 5.41) is 24.8. The third-order valence-electron chi connectivity index (χ3n) is 5.29. The predicted octanol–water partition coefficient (Wildman–Crippen LogP) is 6.21. The fraction of sp³-hybridized carbons (Fsp3) is 0.269. The summed E-state index contributed by atoms with van der Waals surface area (Å²) < 4.78 is 1.18. The van der Waals surface area contributed by atoms with Crippen LogP contribution >= 0.6 is 34.9 Å². The Morgan fingerprint density at radius 2 is 1.91 bits per heavy atom. The molecule has 0 bridgehead atoms. The highest BCUT2D eigenvalue weighted by Gasteiger charge is 2.19. The molecular weight excluding hydrogens is 486 g/mol. The average molecular weight is 516 g/mol. The second-order valence-electron chi connectivity index (χ2n) is 7.95. The number of fused-ring (bicyclic) bond motifs is 1. The van der Waals surface area contributed by atoms with E-state index in [2.05, 4.69) is 23.2 Å². The van der Waals surface area contributed by atoms with Crippen molar-refractivity contribution < 1.29 is 10.2 Å². The number of nitrogen functional groups attached to an aromatic ring is 1. The lowest BCUT2D eigenvalue weighted by molar-refractivity contribution is 0.199. The van der Waals surface area contributed by atoms with Crippen LogP contribution in [0.2, 0.25) is 5.02 Å². The summed E-state index contributed by atoms with van der Waals surface area (Å²) in [4.78, 5) is 5.74. The highest BCUT2D eigenvalue weighted by molar-refractivity contribution is 7.97. The van der Waals surface area contributed by atoms with Crippen molar-refractivity contribution in [3.8, 4) is 11.3 Å². The van der Waals surface area contributed by atoms with Crippen LogP contribution in [0, 0.1) is 0 Å². The van der Waals surface area contributed by atoms with E-state index in [0.717, 1.165) is 51.9 Å². The quantitative estimate of drug-likeness (QED) is 0.186. The number of nitrogens with zero attached hydrogens (tertiary/aromatic N) is 1. The van der Waals surface area contributed by atoms with Crippen LogP contribution in [-0.4, -0.2) is 27.6 Å². The van der Waals surface area contributed by atoms with Crippen LogP contribution < -0.4 is 10.9 Å². The molecule has 4 aromatic rings. The minimum Gasteiger partial charge on any atom is -0.400 e.